The van der Waals surface area contributed by atoms with Crippen molar-refractivity contribution in [2.45, 2.75) is 10.8 Å². The Morgan fingerprint density at radius 1 is 0.197 bits per heavy atom. The van der Waals surface area contributed by atoms with Gasteiger partial charge in [0.05, 0.1) is 34.7 Å². The minimum Gasteiger partial charge on any atom is -0.310 e. The molecule has 2 aliphatic carbocycles. The van der Waals surface area contributed by atoms with E-state index < -0.39 is 16.9 Å². The Labute approximate surface area is 783 Å². The maximum absolute atomic E-state index is 9.45. The van der Waals surface area contributed by atoms with Gasteiger partial charge in [-0.3, -0.25) is 0 Å². The highest BCUT2D eigenvalue weighted by molar-refractivity contribution is 7.27. The highest BCUT2D eigenvalue weighted by Crippen LogP contribution is 2.60. The number of hydrogen-bond donors (Lipinski definition) is 0. The van der Waals surface area contributed by atoms with Gasteiger partial charge in [0, 0.05) is 68.2 Å². The van der Waals surface area contributed by atoms with E-state index in [0.29, 0.717) is 0 Å². The van der Waals surface area contributed by atoms with Crippen LogP contribution in [-0.4, -0.2) is 0 Å². The molecule has 0 N–H and O–H groups in total. The molecular weight excluding hydrogens is 1630 g/mol. The van der Waals surface area contributed by atoms with Crippen LogP contribution in [0.5, 0.6) is 0 Å². The molecule has 132 heavy (non-hydrogen) atoms. The fourth-order valence-electron chi connectivity index (χ4n) is 21.5. The maximum atomic E-state index is 9.45. The van der Waals surface area contributed by atoms with Crippen LogP contribution in [0.25, 0.3) is 151 Å². The van der Waals surface area contributed by atoms with Crippen LogP contribution >= 0.6 is 22.7 Å². The first kappa shape index (κ1) is 72.7. The normalized spacial score (nSPS) is 13.9. The Bertz CT molecular complexity index is 8810. The van der Waals surface area contributed by atoms with Crippen LogP contribution in [0.15, 0.2) is 509 Å². The minimum absolute atomic E-state index is 0.205. The second-order valence-electron chi connectivity index (χ2n) is 34.3. The third kappa shape index (κ3) is 12.8. The first-order valence-electron chi connectivity index (χ1n) is 47.6. The zero-order chi connectivity index (χ0) is 91.6. The zero-order valence-corrected chi connectivity index (χ0v) is 73.5. The Morgan fingerprint density at radius 3 is 1.21 bits per heavy atom. The van der Waals surface area contributed by atoms with Gasteiger partial charge in [0.25, 0.3) is 0 Å². The molecule has 1 unspecified atom stereocenters. The first-order valence-corrected chi connectivity index (χ1v) is 46.7. The number of anilines is 6. The van der Waals surface area contributed by atoms with Crippen LogP contribution < -0.4 is 9.80 Å². The summed E-state index contributed by atoms with van der Waals surface area (Å²) in [7, 11) is 0. The Hall–Kier alpha value is -16.3. The number of hydrogen-bond acceptors (Lipinski definition) is 4. The highest BCUT2D eigenvalue weighted by atomic mass is 32.1. The van der Waals surface area contributed by atoms with Crippen molar-refractivity contribution in [2.24, 2.45) is 0 Å². The molecule has 4 heteroatoms. The molecule has 0 radical (unpaired) electrons. The lowest BCUT2D eigenvalue weighted by atomic mass is 9.67. The summed E-state index contributed by atoms with van der Waals surface area (Å²) in [5, 5.41) is 12.0. The van der Waals surface area contributed by atoms with Gasteiger partial charge in [0.1, 0.15) is 0 Å². The first-order chi connectivity index (χ1) is 67.5. The Kier molecular flexibility index (Phi) is 17.9. The van der Waals surface area contributed by atoms with E-state index in [-0.39, 0.29) is 29.7 Å². The van der Waals surface area contributed by atoms with E-state index >= 15 is 0 Å². The largest absolute Gasteiger partial charge is 0.310 e. The Balaban J connectivity index is 0.000000146. The standard InChI is InChI=1S/C65H43NS.C63H41NS/c1-3-16-44(17-4-1)46-32-38-50(39-33-46)65(58-27-11-9-23-55(58)56-24-10-12-28-59(56)65)51-40-34-49(35-41-51)54-25-14-26-57-63-61(30-15-31-62(63)67-64(54)57)66(60-29-13-21-48-20-7-8-22-53(48)60)52-42-36-47(37-43-52)45-18-5-2-6-19-45;1-4-17-42(18-5-1)43-31-34-48(35-32-43)64(60-40-44-19-10-11-24-50(44)52-25-12-13-27-55(52)60)49-36-38-56-57-29-16-28-51(62(57)65-61(56)41-49)45-33-37-54-53-26-14-15-30-58(53)63(59(54)39-45,46-20-6-2-7-21-46)47-22-8-3-9-23-47/h1-43H;1-41H/i;2D,6D,7D,20D,21D. The SMILES string of the molecule is [2H]c1c([2H])c([2H])c(C2(c3ccccc3)c3ccccc3-c3ccc(-c4cccc5c4sc4cc(N(c6ccc(-c7ccccc7)cc6)c6cc7ccccc7c7ccccc67)ccc45)cc32)c([2H])c1[2H].c1ccc(-c2ccc(N(c3cccc4ccccc34)c3cccc4sc5c(-c6ccc(C7(c8ccc(-c9ccccc9)cc8)c8ccccc8-c8ccccc87)cc6)cccc5c34)cc2)cc1. The van der Waals surface area contributed by atoms with Gasteiger partial charge in [-0.1, -0.05) is 443 Å². The van der Waals surface area contributed by atoms with Crippen LogP contribution in [-0.2, 0) is 10.8 Å². The van der Waals surface area contributed by atoms with Gasteiger partial charge in [-0.25, -0.2) is 0 Å². The van der Waals surface area contributed by atoms with Crippen molar-refractivity contribution in [3.8, 4) is 77.9 Å². The summed E-state index contributed by atoms with van der Waals surface area (Å²) < 4.78 is 50.1. The molecule has 2 heterocycles. The van der Waals surface area contributed by atoms with E-state index in [4.69, 9.17) is 4.11 Å². The van der Waals surface area contributed by atoms with Gasteiger partial charge < -0.3 is 9.80 Å². The topological polar surface area (TPSA) is 6.48 Å². The number of fused-ring (bicyclic) bond motifs is 16. The Morgan fingerprint density at radius 2 is 0.598 bits per heavy atom. The maximum Gasteiger partial charge on any atom is 0.0713 e. The van der Waals surface area contributed by atoms with Crippen LogP contribution in [0.4, 0.5) is 34.1 Å². The van der Waals surface area contributed by atoms with E-state index in [1.165, 1.54) is 136 Å². The molecule has 0 spiro atoms. The van der Waals surface area contributed by atoms with Crippen molar-refractivity contribution in [1.29, 1.82) is 0 Å². The monoisotopic (exact) mass is 1720 g/mol. The number of thiophene rings is 2. The fourth-order valence-corrected chi connectivity index (χ4v) is 24.0. The van der Waals surface area contributed by atoms with Crippen molar-refractivity contribution in [2.75, 3.05) is 9.80 Å². The molecular formula is C128H84N2S2. The minimum atomic E-state index is -1.20. The average Bonchev–Trinajstić information content (AvgIpc) is 1.53. The number of nitrogens with zero attached hydrogens (tertiary/aromatic N) is 2. The second-order valence-corrected chi connectivity index (χ2v) is 36.4. The smallest absolute Gasteiger partial charge is 0.0713 e. The summed E-state index contributed by atoms with van der Waals surface area (Å²) in [5.41, 5.74) is 29.2. The lowest BCUT2D eigenvalue weighted by Crippen LogP contribution is -2.28. The van der Waals surface area contributed by atoms with Crippen molar-refractivity contribution in [3.05, 3.63) is 554 Å². The molecule has 0 saturated heterocycles. The van der Waals surface area contributed by atoms with Crippen molar-refractivity contribution >= 4 is 129 Å². The lowest BCUT2D eigenvalue weighted by molar-refractivity contribution is 0.769. The van der Waals surface area contributed by atoms with Crippen LogP contribution in [0.3, 0.4) is 0 Å². The summed E-state index contributed by atoms with van der Waals surface area (Å²) in [6.07, 6.45) is 0. The number of rotatable bonds is 15. The zero-order valence-electron chi connectivity index (χ0n) is 76.8. The number of benzene rings is 22. The third-order valence-corrected chi connectivity index (χ3v) is 29.8. The van der Waals surface area contributed by atoms with Crippen LogP contribution in [0.1, 0.15) is 51.4 Å². The molecule has 0 fully saturated rings. The third-order valence-electron chi connectivity index (χ3n) is 27.4. The predicted octanol–water partition coefficient (Wildman–Crippen LogP) is 35.6. The van der Waals surface area contributed by atoms with E-state index in [1.807, 2.05) is 59.9 Å². The molecule has 0 bridgehead atoms. The second kappa shape index (κ2) is 32.4. The van der Waals surface area contributed by atoms with Crippen LogP contribution in [0, 0.1) is 0 Å². The molecule has 0 amide bonds. The highest BCUT2D eigenvalue weighted by Gasteiger charge is 2.48. The quantitative estimate of drug-likeness (QED) is 0.0944. The summed E-state index contributed by atoms with van der Waals surface area (Å²) in [4.78, 5) is 4.87. The summed E-state index contributed by atoms with van der Waals surface area (Å²) in [5.74, 6) is 0. The molecule has 2 aromatic heterocycles. The fraction of sp³-hybridized carbons (Fsp3) is 0.0156. The molecule has 0 aliphatic heterocycles. The molecule has 22 aromatic carbocycles. The van der Waals surface area contributed by atoms with Gasteiger partial charge in [0.2, 0.25) is 0 Å². The van der Waals surface area contributed by atoms with E-state index in [9.17, 15) is 2.74 Å². The van der Waals surface area contributed by atoms with Crippen molar-refractivity contribution in [3.63, 3.8) is 0 Å². The van der Waals surface area contributed by atoms with Gasteiger partial charge in [-0.05, 0) is 211 Å². The molecule has 618 valence electrons. The van der Waals surface area contributed by atoms with E-state index in [0.717, 1.165) is 87.7 Å². The van der Waals surface area contributed by atoms with Gasteiger partial charge >= 0.3 is 0 Å². The van der Waals surface area contributed by atoms with Gasteiger partial charge in [-0.2, -0.15) is 0 Å². The molecule has 24 aromatic rings. The molecule has 0 saturated carbocycles. The van der Waals surface area contributed by atoms with Gasteiger partial charge in [0.15, 0.2) is 0 Å². The van der Waals surface area contributed by atoms with E-state index in [1.54, 1.807) is 11.3 Å². The lowest BCUT2D eigenvalue weighted by Gasteiger charge is -2.34. The summed E-state index contributed by atoms with van der Waals surface area (Å²) in [6.45, 7) is 0. The molecule has 2 aliphatic rings. The van der Waals surface area contributed by atoms with Crippen LogP contribution in [0.2, 0.25) is 0 Å². The summed E-state index contributed by atoms with van der Waals surface area (Å²) >= 11 is 3.67. The molecule has 26 rings (SSSR count). The van der Waals surface area contributed by atoms with Crippen molar-refractivity contribution in [1.82, 2.24) is 0 Å². The van der Waals surface area contributed by atoms with Crippen molar-refractivity contribution < 1.29 is 6.85 Å². The van der Waals surface area contributed by atoms with Gasteiger partial charge in [-0.15, -0.1) is 22.7 Å². The summed E-state index contributed by atoms with van der Waals surface area (Å²) in [6, 6.07) is 172. The van der Waals surface area contributed by atoms with E-state index in [2.05, 4.69) is 441 Å². The molecule has 2 nitrogen and oxygen atoms in total. The predicted molar refractivity (Wildman–Crippen MR) is 562 cm³/mol. The molecule has 1 atom stereocenters. The average molecular weight is 1720 g/mol.